The van der Waals surface area contributed by atoms with Gasteiger partial charge in [-0.3, -0.25) is 0 Å². The van der Waals surface area contributed by atoms with Gasteiger partial charge >= 0.3 is 0 Å². The summed E-state index contributed by atoms with van der Waals surface area (Å²) < 4.78 is 0. The van der Waals surface area contributed by atoms with Gasteiger partial charge in [-0.05, 0) is 32.1 Å². The number of hydrogen-bond donors (Lipinski definition) is 0. The highest BCUT2D eigenvalue weighted by molar-refractivity contribution is 5.48. The lowest BCUT2D eigenvalue weighted by atomic mass is 10.1. The molecule has 0 aliphatic rings. The SMILES string of the molecule is CCCCCC=CCCCCCCCCCCC=O. The third-order valence-corrected chi connectivity index (χ3v) is 3.58. The van der Waals surface area contributed by atoms with Crippen LogP contribution < -0.4 is 0 Å². The van der Waals surface area contributed by atoms with Crippen molar-refractivity contribution < 1.29 is 4.79 Å². The Morgan fingerprint density at radius 1 is 0.579 bits per heavy atom. The summed E-state index contributed by atoms with van der Waals surface area (Å²) in [6, 6.07) is 0. The van der Waals surface area contributed by atoms with Gasteiger partial charge in [-0.1, -0.05) is 70.4 Å². The van der Waals surface area contributed by atoms with Crippen molar-refractivity contribution >= 4 is 6.29 Å². The molecule has 0 spiro atoms. The largest absolute Gasteiger partial charge is 0.303 e. The van der Waals surface area contributed by atoms with Crippen LogP contribution in [0.1, 0.15) is 96.8 Å². The van der Waals surface area contributed by atoms with E-state index in [2.05, 4.69) is 19.1 Å². The van der Waals surface area contributed by atoms with E-state index in [-0.39, 0.29) is 0 Å². The Labute approximate surface area is 120 Å². The summed E-state index contributed by atoms with van der Waals surface area (Å²) in [4.78, 5) is 10.1. The highest BCUT2D eigenvalue weighted by Gasteiger charge is 1.91. The van der Waals surface area contributed by atoms with Crippen LogP contribution in [0.3, 0.4) is 0 Å². The maximum atomic E-state index is 10.1. The Morgan fingerprint density at radius 3 is 1.47 bits per heavy atom. The summed E-state index contributed by atoms with van der Waals surface area (Å²) in [6.07, 6.45) is 23.6. The van der Waals surface area contributed by atoms with Gasteiger partial charge in [0.25, 0.3) is 0 Å². The molecule has 0 radical (unpaired) electrons. The van der Waals surface area contributed by atoms with Gasteiger partial charge in [0.1, 0.15) is 6.29 Å². The zero-order valence-electron chi connectivity index (χ0n) is 13.0. The van der Waals surface area contributed by atoms with Crippen molar-refractivity contribution in [2.24, 2.45) is 0 Å². The van der Waals surface area contributed by atoms with Crippen LogP contribution in [-0.4, -0.2) is 6.29 Å². The second kappa shape index (κ2) is 17.4. The molecule has 0 amide bonds. The maximum absolute atomic E-state index is 10.1. The molecular formula is C18H34O. The first-order valence-corrected chi connectivity index (χ1v) is 8.50. The third-order valence-electron chi connectivity index (χ3n) is 3.58. The fourth-order valence-corrected chi connectivity index (χ4v) is 2.30. The number of allylic oxidation sites excluding steroid dienone is 2. The molecule has 0 aliphatic heterocycles. The van der Waals surface area contributed by atoms with Crippen molar-refractivity contribution in [1.82, 2.24) is 0 Å². The fourth-order valence-electron chi connectivity index (χ4n) is 2.30. The minimum atomic E-state index is 0.755. The lowest BCUT2D eigenvalue weighted by molar-refractivity contribution is -0.107. The fraction of sp³-hybridized carbons (Fsp3) is 0.833. The molecule has 0 bridgehead atoms. The van der Waals surface area contributed by atoms with Crippen molar-refractivity contribution in [2.45, 2.75) is 96.8 Å². The number of hydrogen-bond acceptors (Lipinski definition) is 1. The summed E-state index contributed by atoms with van der Waals surface area (Å²) in [5, 5.41) is 0. The molecule has 1 nitrogen and oxygen atoms in total. The Hall–Kier alpha value is -0.590. The van der Waals surface area contributed by atoms with Gasteiger partial charge in [-0.2, -0.15) is 0 Å². The number of rotatable bonds is 15. The quantitative estimate of drug-likeness (QED) is 0.195. The van der Waals surface area contributed by atoms with Crippen LogP contribution in [-0.2, 0) is 4.79 Å². The topological polar surface area (TPSA) is 17.1 Å². The van der Waals surface area contributed by atoms with Gasteiger partial charge in [0.15, 0.2) is 0 Å². The van der Waals surface area contributed by atoms with Gasteiger partial charge in [0.05, 0.1) is 0 Å². The molecule has 0 heterocycles. The number of aldehydes is 1. The van der Waals surface area contributed by atoms with E-state index >= 15 is 0 Å². The first-order chi connectivity index (χ1) is 9.41. The lowest BCUT2D eigenvalue weighted by Crippen LogP contribution is -1.82. The van der Waals surface area contributed by atoms with E-state index in [1.54, 1.807) is 0 Å². The zero-order valence-corrected chi connectivity index (χ0v) is 13.0. The minimum Gasteiger partial charge on any atom is -0.303 e. The van der Waals surface area contributed by atoms with Gasteiger partial charge in [-0.25, -0.2) is 0 Å². The van der Waals surface area contributed by atoms with Crippen LogP contribution in [0, 0.1) is 0 Å². The molecule has 19 heavy (non-hydrogen) atoms. The molecule has 0 unspecified atom stereocenters. The van der Waals surface area contributed by atoms with Crippen LogP contribution in [0.5, 0.6) is 0 Å². The number of carbonyl (C=O) groups is 1. The summed E-state index contributed by atoms with van der Waals surface area (Å²) in [6.45, 7) is 2.26. The van der Waals surface area contributed by atoms with Crippen molar-refractivity contribution in [3.8, 4) is 0 Å². The minimum absolute atomic E-state index is 0.755. The van der Waals surface area contributed by atoms with Crippen LogP contribution in [0.4, 0.5) is 0 Å². The predicted molar refractivity (Wildman–Crippen MR) is 85.5 cm³/mol. The Bertz CT molecular complexity index is 196. The molecule has 0 atom stereocenters. The van der Waals surface area contributed by atoms with Crippen LogP contribution in [0.25, 0.3) is 0 Å². The summed E-state index contributed by atoms with van der Waals surface area (Å²) in [5.74, 6) is 0. The molecule has 0 saturated heterocycles. The lowest BCUT2D eigenvalue weighted by Gasteiger charge is -2.00. The number of unbranched alkanes of at least 4 members (excludes halogenated alkanes) is 12. The van der Waals surface area contributed by atoms with E-state index < -0.39 is 0 Å². The molecule has 0 aliphatic carbocycles. The highest BCUT2D eigenvalue weighted by atomic mass is 16.1. The van der Waals surface area contributed by atoms with E-state index in [1.807, 2.05) is 0 Å². The van der Waals surface area contributed by atoms with Crippen molar-refractivity contribution in [3.05, 3.63) is 12.2 Å². The number of carbonyl (C=O) groups excluding carboxylic acids is 1. The third kappa shape index (κ3) is 17.4. The summed E-state index contributed by atoms with van der Waals surface area (Å²) in [7, 11) is 0. The Kier molecular flexibility index (Phi) is 16.9. The first-order valence-electron chi connectivity index (χ1n) is 8.50. The molecule has 0 fully saturated rings. The molecule has 0 aromatic rings. The molecule has 0 N–H and O–H groups in total. The Balaban J connectivity index is 3.00. The standard InChI is InChI=1S/C18H34O/c1-2-3-4-5-6-7-8-9-10-11-12-13-14-15-16-17-18-19/h6-7,18H,2-5,8-17H2,1H3. The second-order valence-corrected chi connectivity index (χ2v) is 5.54. The highest BCUT2D eigenvalue weighted by Crippen LogP contribution is 2.10. The summed E-state index contributed by atoms with van der Waals surface area (Å²) >= 11 is 0. The Morgan fingerprint density at radius 2 is 1.00 bits per heavy atom. The van der Waals surface area contributed by atoms with Crippen molar-refractivity contribution in [2.75, 3.05) is 0 Å². The molecule has 0 rings (SSSR count). The predicted octanol–water partition coefficient (Wildman–Crippen LogP) is 6.22. The van der Waals surface area contributed by atoms with E-state index in [1.165, 1.54) is 77.0 Å². The summed E-state index contributed by atoms with van der Waals surface area (Å²) in [5.41, 5.74) is 0. The van der Waals surface area contributed by atoms with Gasteiger partial charge < -0.3 is 4.79 Å². The normalized spacial score (nSPS) is 11.2. The molecule has 112 valence electrons. The monoisotopic (exact) mass is 266 g/mol. The van der Waals surface area contributed by atoms with Gasteiger partial charge in [0, 0.05) is 6.42 Å². The van der Waals surface area contributed by atoms with E-state index in [0.717, 1.165) is 19.1 Å². The van der Waals surface area contributed by atoms with Gasteiger partial charge in [0.2, 0.25) is 0 Å². The van der Waals surface area contributed by atoms with E-state index in [4.69, 9.17) is 0 Å². The van der Waals surface area contributed by atoms with Crippen LogP contribution in [0.2, 0.25) is 0 Å². The molecule has 0 aromatic heterocycles. The van der Waals surface area contributed by atoms with Crippen molar-refractivity contribution in [3.63, 3.8) is 0 Å². The molecule has 0 aromatic carbocycles. The first kappa shape index (κ1) is 18.4. The molecular weight excluding hydrogens is 232 g/mol. The van der Waals surface area contributed by atoms with Crippen LogP contribution >= 0.6 is 0 Å². The van der Waals surface area contributed by atoms with E-state index in [9.17, 15) is 4.79 Å². The van der Waals surface area contributed by atoms with E-state index in [0.29, 0.717) is 0 Å². The van der Waals surface area contributed by atoms with Gasteiger partial charge in [-0.15, -0.1) is 0 Å². The average molecular weight is 266 g/mol. The molecule has 0 saturated carbocycles. The average Bonchev–Trinajstić information content (AvgIpc) is 2.43. The molecule has 1 heteroatoms. The zero-order chi connectivity index (χ0) is 14.0. The van der Waals surface area contributed by atoms with Crippen LogP contribution in [0.15, 0.2) is 12.2 Å². The second-order valence-electron chi connectivity index (χ2n) is 5.54. The van der Waals surface area contributed by atoms with Crippen molar-refractivity contribution in [1.29, 1.82) is 0 Å². The smallest absolute Gasteiger partial charge is 0.119 e. The maximum Gasteiger partial charge on any atom is 0.119 e.